The minimum atomic E-state index is -0.465. The Hall–Kier alpha value is -0.940. The molecule has 1 saturated heterocycles. The molecule has 0 aromatic heterocycles. The molecule has 110 valence electrons. The standard InChI is InChI=1S/C15H20BrFN2O/c1-2-19(10-11-6-8-18-9-7-11)15(20)14-12(16)4-3-5-13(14)17/h3-5,11,18H,2,6-10H2,1H3. The van der Waals surface area contributed by atoms with Gasteiger partial charge in [0.15, 0.2) is 0 Å². The molecular formula is C15H20BrFN2O. The molecule has 0 aliphatic carbocycles. The van der Waals surface area contributed by atoms with Gasteiger partial charge in [-0.3, -0.25) is 4.79 Å². The quantitative estimate of drug-likeness (QED) is 0.911. The molecule has 1 heterocycles. The third kappa shape index (κ3) is 3.58. The zero-order valence-electron chi connectivity index (χ0n) is 11.7. The summed E-state index contributed by atoms with van der Waals surface area (Å²) in [6.45, 7) is 5.24. The number of halogens is 2. The summed E-state index contributed by atoms with van der Waals surface area (Å²) in [5.74, 6) is -0.185. The number of carbonyl (C=O) groups is 1. The van der Waals surface area contributed by atoms with Gasteiger partial charge in [-0.1, -0.05) is 6.07 Å². The minimum absolute atomic E-state index is 0.142. The lowest BCUT2D eigenvalue weighted by Crippen LogP contribution is -2.39. The number of hydrogen-bond acceptors (Lipinski definition) is 2. The van der Waals surface area contributed by atoms with E-state index in [-0.39, 0.29) is 11.5 Å². The average Bonchev–Trinajstić information content (AvgIpc) is 2.45. The molecule has 20 heavy (non-hydrogen) atoms. The maximum Gasteiger partial charge on any atom is 0.257 e. The number of nitrogens with zero attached hydrogens (tertiary/aromatic N) is 1. The number of hydrogen-bond donors (Lipinski definition) is 1. The number of carbonyl (C=O) groups excluding carboxylic acids is 1. The molecular weight excluding hydrogens is 323 g/mol. The first-order valence-corrected chi connectivity index (χ1v) is 7.86. The third-order valence-corrected chi connectivity index (χ3v) is 4.44. The molecule has 1 aliphatic heterocycles. The van der Waals surface area contributed by atoms with Gasteiger partial charge in [-0.05, 0) is 66.8 Å². The highest BCUT2D eigenvalue weighted by Gasteiger charge is 2.24. The van der Waals surface area contributed by atoms with Crippen molar-refractivity contribution in [1.29, 1.82) is 0 Å². The van der Waals surface area contributed by atoms with E-state index in [2.05, 4.69) is 21.2 Å². The highest BCUT2D eigenvalue weighted by molar-refractivity contribution is 9.10. The molecule has 5 heteroatoms. The second-order valence-corrected chi connectivity index (χ2v) is 5.99. The molecule has 0 bridgehead atoms. The zero-order chi connectivity index (χ0) is 14.5. The molecule has 3 nitrogen and oxygen atoms in total. The van der Waals surface area contributed by atoms with Gasteiger partial charge in [-0.25, -0.2) is 4.39 Å². The monoisotopic (exact) mass is 342 g/mol. The van der Waals surface area contributed by atoms with E-state index in [1.165, 1.54) is 6.07 Å². The van der Waals surface area contributed by atoms with Crippen molar-refractivity contribution >= 4 is 21.8 Å². The molecule has 1 N–H and O–H groups in total. The number of rotatable bonds is 4. The van der Waals surface area contributed by atoms with Gasteiger partial charge in [0.25, 0.3) is 5.91 Å². The van der Waals surface area contributed by atoms with Crippen molar-refractivity contribution in [3.63, 3.8) is 0 Å². The van der Waals surface area contributed by atoms with Crippen LogP contribution in [0.1, 0.15) is 30.1 Å². The van der Waals surface area contributed by atoms with Gasteiger partial charge in [0.1, 0.15) is 5.82 Å². The van der Waals surface area contributed by atoms with Crippen molar-refractivity contribution in [2.24, 2.45) is 5.92 Å². The Balaban J connectivity index is 2.12. The van der Waals surface area contributed by atoms with Crippen LogP contribution in [0.2, 0.25) is 0 Å². The summed E-state index contributed by atoms with van der Waals surface area (Å²) < 4.78 is 14.4. The topological polar surface area (TPSA) is 32.3 Å². The van der Waals surface area contributed by atoms with E-state index in [4.69, 9.17) is 0 Å². The average molecular weight is 343 g/mol. The Morgan fingerprint density at radius 2 is 2.15 bits per heavy atom. The maximum absolute atomic E-state index is 13.9. The van der Waals surface area contributed by atoms with E-state index in [0.29, 0.717) is 23.5 Å². The summed E-state index contributed by atoms with van der Waals surface area (Å²) in [7, 11) is 0. The minimum Gasteiger partial charge on any atom is -0.339 e. The first-order chi connectivity index (χ1) is 9.63. The summed E-state index contributed by atoms with van der Waals surface area (Å²) in [4.78, 5) is 14.3. The van der Waals surface area contributed by atoms with Crippen LogP contribution < -0.4 is 5.32 Å². The van der Waals surface area contributed by atoms with E-state index >= 15 is 0 Å². The molecule has 1 aliphatic rings. The highest BCUT2D eigenvalue weighted by atomic mass is 79.9. The van der Waals surface area contributed by atoms with Crippen LogP contribution in [-0.2, 0) is 0 Å². The SMILES string of the molecule is CCN(CC1CCNCC1)C(=O)c1c(F)cccc1Br. The first-order valence-electron chi connectivity index (χ1n) is 7.07. The number of amides is 1. The number of nitrogens with one attached hydrogen (secondary N) is 1. The van der Waals surface area contributed by atoms with Crippen molar-refractivity contribution < 1.29 is 9.18 Å². The number of benzene rings is 1. The fourth-order valence-corrected chi connectivity index (χ4v) is 3.10. The fourth-order valence-electron chi connectivity index (χ4n) is 2.59. The van der Waals surface area contributed by atoms with Crippen LogP contribution in [-0.4, -0.2) is 37.0 Å². The molecule has 0 atom stereocenters. The van der Waals surface area contributed by atoms with E-state index < -0.39 is 5.82 Å². The van der Waals surface area contributed by atoms with E-state index in [9.17, 15) is 9.18 Å². The zero-order valence-corrected chi connectivity index (χ0v) is 13.2. The molecule has 1 amide bonds. The second-order valence-electron chi connectivity index (χ2n) is 5.13. The molecule has 0 spiro atoms. The summed E-state index contributed by atoms with van der Waals surface area (Å²) in [6.07, 6.45) is 2.14. The van der Waals surface area contributed by atoms with Crippen LogP contribution in [0, 0.1) is 11.7 Å². The van der Waals surface area contributed by atoms with E-state index in [1.807, 2.05) is 6.92 Å². The highest BCUT2D eigenvalue weighted by Crippen LogP contribution is 2.23. The van der Waals surface area contributed by atoms with Crippen LogP contribution in [0.15, 0.2) is 22.7 Å². The van der Waals surface area contributed by atoms with Crippen molar-refractivity contribution in [2.45, 2.75) is 19.8 Å². The van der Waals surface area contributed by atoms with Crippen LogP contribution in [0.3, 0.4) is 0 Å². The summed E-state index contributed by atoms with van der Waals surface area (Å²) in [5, 5.41) is 3.31. The van der Waals surface area contributed by atoms with E-state index in [1.54, 1.807) is 17.0 Å². The second kappa shape index (κ2) is 7.18. The van der Waals surface area contributed by atoms with Crippen LogP contribution in [0.5, 0.6) is 0 Å². The van der Waals surface area contributed by atoms with Gasteiger partial charge >= 0.3 is 0 Å². The van der Waals surface area contributed by atoms with Crippen LogP contribution in [0.4, 0.5) is 4.39 Å². The summed E-state index contributed by atoms with van der Waals surface area (Å²) in [6, 6.07) is 4.63. The molecule has 2 rings (SSSR count). The van der Waals surface area contributed by atoms with Crippen molar-refractivity contribution in [3.8, 4) is 0 Å². The van der Waals surface area contributed by atoms with Crippen LogP contribution in [0.25, 0.3) is 0 Å². The first kappa shape index (κ1) is 15.4. The molecule has 1 fully saturated rings. The van der Waals surface area contributed by atoms with Crippen LogP contribution >= 0.6 is 15.9 Å². The van der Waals surface area contributed by atoms with Gasteiger partial charge in [0.2, 0.25) is 0 Å². The van der Waals surface area contributed by atoms with Crippen molar-refractivity contribution in [1.82, 2.24) is 10.2 Å². The smallest absolute Gasteiger partial charge is 0.257 e. The summed E-state index contributed by atoms with van der Waals surface area (Å²) >= 11 is 3.27. The lowest BCUT2D eigenvalue weighted by Gasteiger charge is -2.29. The normalized spacial score (nSPS) is 16.1. The Labute approximate surface area is 127 Å². The summed E-state index contributed by atoms with van der Waals surface area (Å²) in [5.41, 5.74) is 0.142. The molecule has 0 unspecified atom stereocenters. The Morgan fingerprint density at radius 1 is 1.45 bits per heavy atom. The maximum atomic E-state index is 13.9. The third-order valence-electron chi connectivity index (χ3n) is 3.78. The van der Waals surface area contributed by atoms with Gasteiger partial charge in [0.05, 0.1) is 5.56 Å². The molecule has 1 aromatic rings. The Morgan fingerprint density at radius 3 is 2.75 bits per heavy atom. The Bertz CT molecular complexity index is 455. The van der Waals surface area contributed by atoms with E-state index in [0.717, 1.165) is 25.9 Å². The predicted molar refractivity (Wildman–Crippen MR) is 81.3 cm³/mol. The van der Waals surface area contributed by atoms with Gasteiger partial charge in [-0.2, -0.15) is 0 Å². The molecule has 1 aromatic carbocycles. The molecule has 0 radical (unpaired) electrons. The lowest BCUT2D eigenvalue weighted by atomic mass is 9.97. The molecule has 0 saturated carbocycles. The van der Waals surface area contributed by atoms with Gasteiger partial charge in [-0.15, -0.1) is 0 Å². The number of piperidine rings is 1. The Kier molecular flexibility index (Phi) is 5.54. The van der Waals surface area contributed by atoms with Gasteiger partial charge in [0, 0.05) is 17.6 Å². The lowest BCUT2D eigenvalue weighted by molar-refractivity contribution is 0.0721. The fraction of sp³-hybridized carbons (Fsp3) is 0.533. The van der Waals surface area contributed by atoms with Crippen molar-refractivity contribution in [2.75, 3.05) is 26.2 Å². The van der Waals surface area contributed by atoms with Crippen molar-refractivity contribution in [3.05, 3.63) is 34.1 Å². The largest absolute Gasteiger partial charge is 0.339 e. The predicted octanol–water partition coefficient (Wildman–Crippen LogP) is 3.05. The van der Waals surface area contributed by atoms with Gasteiger partial charge < -0.3 is 10.2 Å².